The molecule has 0 spiro atoms. The lowest BCUT2D eigenvalue weighted by molar-refractivity contribution is -0.384. The average Bonchev–Trinajstić information content (AvgIpc) is 3.33. The molecule has 1 saturated heterocycles. The van der Waals surface area contributed by atoms with Gasteiger partial charge in [-0.1, -0.05) is 6.07 Å². The highest BCUT2D eigenvalue weighted by Gasteiger charge is 2.30. The third-order valence-electron chi connectivity index (χ3n) is 4.46. The van der Waals surface area contributed by atoms with Gasteiger partial charge in [0, 0.05) is 30.9 Å². The molecule has 3 aromatic rings. The van der Waals surface area contributed by atoms with Crippen molar-refractivity contribution in [2.75, 3.05) is 23.3 Å². The summed E-state index contributed by atoms with van der Waals surface area (Å²) < 4.78 is 4.74. The number of benzene rings is 2. The minimum atomic E-state index is -0.496. The van der Waals surface area contributed by atoms with Gasteiger partial charge in [-0.2, -0.15) is 0 Å². The topological polar surface area (TPSA) is 140 Å². The van der Waals surface area contributed by atoms with Crippen LogP contribution in [0.5, 0.6) is 0 Å². The van der Waals surface area contributed by atoms with E-state index in [1.165, 1.54) is 12.1 Å². The van der Waals surface area contributed by atoms with Crippen LogP contribution in [0.25, 0.3) is 11.0 Å². The molecular formula is C16H14N6O5. The standard InChI is InChI=1S/C16H14N6O5/c23-21(24)11-5-3-4-10(8-11)17-12-9-13(20-6-1-2-7-20)16(22(25)26)15-14(12)18-27-19-15/h3-5,8-9,17H,1-2,6-7H2. The Morgan fingerprint density at radius 3 is 2.48 bits per heavy atom. The largest absolute Gasteiger partial charge is 0.366 e. The van der Waals surface area contributed by atoms with Crippen LogP contribution in [0.15, 0.2) is 35.0 Å². The maximum Gasteiger partial charge on any atom is 0.323 e. The van der Waals surface area contributed by atoms with Crippen molar-refractivity contribution >= 4 is 39.5 Å². The molecule has 1 aliphatic rings. The number of rotatable bonds is 5. The fraction of sp³-hybridized carbons (Fsp3) is 0.250. The summed E-state index contributed by atoms with van der Waals surface area (Å²) in [6.45, 7) is 1.40. The summed E-state index contributed by atoms with van der Waals surface area (Å²) in [6, 6.07) is 7.57. The van der Waals surface area contributed by atoms with Gasteiger partial charge in [-0.05, 0) is 35.3 Å². The van der Waals surface area contributed by atoms with Crippen LogP contribution in [0.3, 0.4) is 0 Å². The molecule has 0 aliphatic carbocycles. The van der Waals surface area contributed by atoms with Gasteiger partial charge in [0.2, 0.25) is 5.52 Å². The summed E-state index contributed by atoms with van der Waals surface area (Å²) in [5.41, 5.74) is 1.31. The van der Waals surface area contributed by atoms with Gasteiger partial charge in [0.05, 0.1) is 15.5 Å². The van der Waals surface area contributed by atoms with E-state index in [1.807, 2.05) is 4.90 Å². The van der Waals surface area contributed by atoms with Crippen LogP contribution in [0.1, 0.15) is 12.8 Å². The fourth-order valence-corrected chi connectivity index (χ4v) is 3.24. The van der Waals surface area contributed by atoms with Gasteiger partial charge in [0.25, 0.3) is 5.69 Å². The highest BCUT2D eigenvalue weighted by atomic mass is 16.6. The van der Waals surface area contributed by atoms with Crippen LogP contribution in [-0.4, -0.2) is 33.2 Å². The molecule has 1 fully saturated rings. The third kappa shape index (κ3) is 2.99. The first-order valence-electron chi connectivity index (χ1n) is 8.24. The van der Waals surface area contributed by atoms with E-state index < -0.39 is 9.85 Å². The van der Waals surface area contributed by atoms with E-state index in [-0.39, 0.29) is 22.4 Å². The van der Waals surface area contributed by atoms with Crippen molar-refractivity contribution in [1.29, 1.82) is 0 Å². The number of nitro benzene ring substituents is 2. The Balaban J connectivity index is 1.84. The Morgan fingerprint density at radius 2 is 1.78 bits per heavy atom. The molecule has 27 heavy (non-hydrogen) atoms. The van der Waals surface area contributed by atoms with Crippen LogP contribution < -0.4 is 10.2 Å². The molecule has 138 valence electrons. The van der Waals surface area contributed by atoms with E-state index >= 15 is 0 Å². The molecular weight excluding hydrogens is 356 g/mol. The van der Waals surface area contributed by atoms with Crippen LogP contribution in [-0.2, 0) is 0 Å². The minimum Gasteiger partial charge on any atom is -0.366 e. The highest BCUT2D eigenvalue weighted by molar-refractivity contribution is 6.00. The van der Waals surface area contributed by atoms with E-state index in [0.29, 0.717) is 30.2 Å². The number of hydrogen-bond acceptors (Lipinski definition) is 9. The Morgan fingerprint density at radius 1 is 1.04 bits per heavy atom. The molecule has 0 radical (unpaired) electrons. The van der Waals surface area contributed by atoms with E-state index in [2.05, 4.69) is 15.6 Å². The normalized spacial score (nSPS) is 13.9. The molecule has 11 nitrogen and oxygen atoms in total. The van der Waals surface area contributed by atoms with Crippen molar-refractivity contribution in [2.45, 2.75) is 12.8 Å². The maximum absolute atomic E-state index is 11.7. The summed E-state index contributed by atoms with van der Waals surface area (Å²) in [5, 5.41) is 33.2. The van der Waals surface area contributed by atoms with Crippen LogP contribution in [0.4, 0.5) is 28.4 Å². The summed E-state index contributed by atoms with van der Waals surface area (Å²) in [6.07, 6.45) is 1.89. The van der Waals surface area contributed by atoms with E-state index in [4.69, 9.17) is 4.63 Å². The van der Waals surface area contributed by atoms with Crippen LogP contribution in [0, 0.1) is 20.2 Å². The number of fused-ring (bicyclic) bond motifs is 1. The minimum absolute atomic E-state index is 0.0392. The van der Waals surface area contributed by atoms with E-state index in [1.54, 1.807) is 18.2 Å². The maximum atomic E-state index is 11.7. The molecule has 2 heterocycles. The SMILES string of the molecule is O=[N+]([O-])c1cccc(Nc2cc(N3CCCC3)c([N+](=O)[O-])c3nonc23)c1. The fourth-order valence-electron chi connectivity index (χ4n) is 3.24. The summed E-state index contributed by atoms with van der Waals surface area (Å²) >= 11 is 0. The Kier molecular flexibility index (Phi) is 4.03. The number of non-ortho nitro benzene ring substituents is 1. The zero-order valence-corrected chi connectivity index (χ0v) is 14.0. The molecule has 0 unspecified atom stereocenters. The molecule has 1 N–H and O–H groups in total. The average molecular weight is 370 g/mol. The van der Waals surface area contributed by atoms with Gasteiger partial charge < -0.3 is 10.2 Å². The molecule has 11 heteroatoms. The lowest BCUT2D eigenvalue weighted by Crippen LogP contribution is -2.19. The van der Waals surface area contributed by atoms with E-state index in [0.717, 1.165) is 12.8 Å². The lowest BCUT2D eigenvalue weighted by atomic mass is 10.1. The third-order valence-corrected chi connectivity index (χ3v) is 4.46. The molecule has 0 atom stereocenters. The van der Waals surface area contributed by atoms with Gasteiger partial charge >= 0.3 is 5.69 Å². The summed E-state index contributed by atoms with van der Waals surface area (Å²) in [7, 11) is 0. The number of aromatic nitrogens is 2. The van der Waals surface area contributed by atoms with Crippen molar-refractivity contribution in [3.8, 4) is 0 Å². The summed E-state index contributed by atoms with van der Waals surface area (Å²) in [5.74, 6) is 0. The van der Waals surface area contributed by atoms with Crippen molar-refractivity contribution in [3.05, 3.63) is 50.6 Å². The second-order valence-corrected chi connectivity index (χ2v) is 6.14. The number of nitrogens with one attached hydrogen (secondary N) is 1. The Bertz CT molecular complexity index is 1040. The molecule has 0 saturated carbocycles. The van der Waals surface area contributed by atoms with Crippen molar-refractivity contribution in [3.63, 3.8) is 0 Å². The van der Waals surface area contributed by atoms with Gasteiger partial charge in [0.1, 0.15) is 5.69 Å². The zero-order valence-electron chi connectivity index (χ0n) is 14.0. The zero-order chi connectivity index (χ0) is 19.0. The lowest BCUT2D eigenvalue weighted by Gasteiger charge is -2.18. The van der Waals surface area contributed by atoms with Gasteiger partial charge in [-0.15, -0.1) is 0 Å². The Hall–Kier alpha value is -3.76. The number of anilines is 3. The van der Waals surface area contributed by atoms with E-state index in [9.17, 15) is 20.2 Å². The first-order chi connectivity index (χ1) is 13.0. The number of nitrogens with zero attached hydrogens (tertiary/aromatic N) is 5. The second-order valence-electron chi connectivity index (χ2n) is 6.14. The van der Waals surface area contributed by atoms with Crippen molar-refractivity contribution in [1.82, 2.24) is 10.3 Å². The molecule has 0 bridgehead atoms. The quantitative estimate of drug-likeness (QED) is 0.528. The number of nitro groups is 2. The molecule has 2 aromatic carbocycles. The summed E-state index contributed by atoms with van der Waals surface area (Å²) in [4.78, 5) is 23.6. The first-order valence-corrected chi connectivity index (χ1v) is 8.24. The monoisotopic (exact) mass is 370 g/mol. The smallest absolute Gasteiger partial charge is 0.323 e. The molecule has 1 aliphatic heterocycles. The van der Waals surface area contributed by atoms with Crippen molar-refractivity contribution < 1.29 is 14.5 Å². The first kappa shape index (κ1) is 16.7. The molecule has 1 aromatic heterocycles. The van der Waals surface area contributed by atoms with Crippen LogP contribution >= 0.6 is 0 Å². The molecule has 0 amide bonds. The van der Waals surface area contributed by atoms with Gasteiger partial charge in [-0.3, -0.25) is 20.2 Å². The predicted octanol–water partition coefficient (Wildman–Crippen LogP) is 3.38. The Labute approximate surface area is 151 Å². The van der Waals surface area contributed by atoms with Gasteiger partial charge in [-0.25, -0.2) is 4.63 Å². The predicted molar refractivity (Wildman–Crippen MR) is 96.3 cm³/mol. The van der Waals surface area contributed by atoms with Crippen molar-refractivity contribution in [2.24, 2.45) is 0 Å². The number of hydrogen-bond donors (Lipinski definition) is 1. The van der Waals surface area contributed by atoms with Crippen LogP contribution in [0.2, 0.25) is 0 Å². The highest BCUT2D eigenvalue weighted by Crippen LogP contribution is 2.41. The van der Waals surface area contributed by atoms with Gasteiger partial charge in [0.15, 0.2) is 5.52 Å². The second kappa shape index (κ2) is 6.52. The molecule has 4 rings (SSSR count).